The molecule has 0 amide bonds. The molecular weight excluding hydrogens is 355 g/mol. The van der Waals surface area contributed by atoms with Crippen LogP contribution in [-0.4, -0.2) is 56.4 Å². The number of sulfonamides is 1. The molecule has 0 aromatic heterocycles. The van der Waals surface area contributed by atoms with Crippen LogP contribution in [0.5, 0.6) is 0 Å². The summed E-state index contributed by atoms with van der Waals surface area (Å²) in [6, 6.07) is 14.0. The molecule has 0 unspecified atom stereocenters. The smallest absolute Gasteiger partial charge is 0.211 e. The molecule has 2 N–H and O–H groups in total. The third kappa shape index (κ3) is 3.96. The highest BCUT2D eigenvalue weighted by Crippen LogP contribution is 2.34. The van der Waals surface area contributed by atoms with Gasteiger partial charge in [0, 0.05) is 31.6 Å². The molecule has 2 aromatic rings. The topological polar surface area (TPSA) is 69.6 Å². The predicted molar refractivity (Wildman–Crippen MR) is 99.8 cm³/mol. The molecule has 26 heavy (non-hydrogen) atoms. The van der Waals surface area contributed by atoms with Gasteiger partial charge in [-0.1, -0.05) is 36.4 Å². The summed E-state index contributed by atoms with van der Waals surface area (Å²) in [5.74, 6) is -0.259. The summed E-state index contributed by atoms with van der Waals surface area (Å²) in [6.45, 7) is 0.320. The van der Waals surface area contributed by atoms with E-state index in [4.69, 9.17) is 0 Å². The predicted octanol–water partition coefficient (Wildman–Crippen LogP) is 1.80. The Morgan fingerprint density at radius 2 is 1.81 bits per heavy atom. The molecule has 1 aliphatic rings. The van der Waals surface area contributed by atoms with E-state index in [1.807, 2.05) is 30.3 Å². The third-order valence-corrected chi connectivity index (χ3v) is 6.25. The maximum Gasteiger partial charge on any atom is 0.211 e. The van der Waals surface area contributed by atoms with Crippen molar-refractivity contribution in [2.24, 2.45) is 0 Å². The van der Waals surface area contributed by atoms with Crippen molar-refractivity contribution in [2.75, 3.05) is 26.5 Å². The Morgan fingerprint density at radius 3 is 2.38 bits per heavy atom. The van der Waals surface area contributed by atoms with Crippen LogP contribution in [0.4, 0.5) is 4.39 Å². The molecule has 1 saturated heterocycles. The molecule has 7 heteroatoms. The van der Waals surface area contributed by atoms with Crippen LogP contribution < -0.4 is 5.32 Å². The molecular formula is C19H23FN2O3S. The van der Waals surface area contributed by atoms with Crippen molar-refractivity contribution in [1.29, 1.82) is 0 Å². The number of hydrogen-bond donors (Lipinski definition) is 2. The zero-order valence-electron chi connectivity index (χ0n) is 14.8. The fourth-order valence-corrected chi connectivity index (χ4v) is 3.85. The van der Waals surface area contributed by atoms with E-state index >= 15 is 0 Å². The zero-order valence-corrected chi connectivity index (χ0v) is 15.6. The van der Waals surface area contributed by atoms with Gasteiger partial charge in [-0.05, 0) is 28.8 Å². The van der Waals surface area contributed by atoms with Gasteiger partial charge in [0.1, 0.15) is 5.82 Å². The van der Waals surface area contributed by atoms with Crippen LogP contribution in [0.3, 0.4) is 0 Å². The molecule has 1 fully saturated rings. The molecule has 0 aliphatic carbocycles. The first kappa shape index (κ1) is 19.0. The van der Waals surface area contributed by atoms with Gasteiger partial charge in [0.05, 0.1) is 12.9 Å². The lowest BCUT2D eigenvalue weighted by molar-refractivity contribution is 0.118. The van der Waals surface area contributed by atoms with E-state index in [1.165, 1.54) is 22.7 Å². The number of nitrogens with zero attached hydrogens (tertiary/aromatic N) is 1. The second-order valence-corrected chi connectivity index (χ2v) is 8.85. The van der Waals surface area contributed by atoms with E-state index in [0.29, 0.717) is 6.54 Å². The minimum absolute atomic E-state index is 0.0184. The van der Waals surface area contributed by atoms with E-state index in [-0.39, 0.29) is 30.4 Å². The second kappa shape index (κ2) is 7.44. The summed E-state index contributed by atoms with van der Waals surface area (Å²) in [6.07, 6.45) is 1.18. The molecule has 3 rings (SSSR count). The van der Waals surface area contributed by atoms with Crippen molar-refractivity contribution in [3.8, 4) is 11.1 Å². The molecule has 1 heterocycles. The van der Waals surface area contributed by atoms with Crippen molar-refractivity contribution >= 4 is 10.0 Å². The highest BCUT2D eigenvalue weighted by molar-refractivity contribution is 7.88. The molecule has 140 valence electrons. The number of likely N-dealkylation sites (N-methyl/N-ethyl adjacent to an activating group) is 1. The van der Waals surface area contributed by atoms with Crippen LogP contribution in [-0.2, 0) is 10.0 Å². The van der Waals surface area contributed by atoms with Gasteiger partial charge in [0.2, 0.25) is 10.0 Å². The fraction of sp³-hybridized carbons (Fsp3) is 0.368. The second-order valence-electron chi connectivity index (χ2n) is 6.76. The monoisotopic (exact) mass is 378 g/mol. The number of aliphatic hydroxyl groups is 1. The van der Waals surface area contributed by atoms with Gasteiger partial charge in [0.25, 0.3) is 0 Å². The first-order chi connectivity index (χ1) is 12.3. The molecule has 0 spiro atoms. The molecule has 0 radical (unpaired) electrons. The van der Waals surface area contributed by atoms with E-state index in [1.54, 1.807) is 13.1 Å². The highest BCUT2D eigenvalue weighted by atomic mass is 32.2. The highest BCUT2D eigenvalue weighted by Gasteiger charge is 2.42. The van der Waals surface area contributed by atoms with Gasteiger partial charge in [-0.15, -0.1) is 0 Å². The summed E-state index contributed by atoms with van der Waals surface area (Å²) >= 11 is 0. The third-order valence-electron chi connectivity index (χ3n) is 4.97. The number of benzene rings is 2. The van der Waals surface area contributed by atoms with Gasteiger partial charge >= 0.3 is 0 Å². The van der Waals surface area contributed by atoms with Gasteiger partial charge in [-0.2, -0.15) is 0 Å². The number of halogens is 1. The quantitative estimate of drug-likeness (QED) is 0.804. The minimum atomic E-state index is -3.26. The van der Waals surface area contributed by atoms with Crippen molar-refractivity contribution in [1.82, 2.24) is 9.62 Å². The summed E-state index contributed by atoms with van der Waals surface area (Å²) in [5.41, 5.74) is 2.73. The summed E-state index contributed by atoms with van der Waals surface area (Å²) < 4.78 is 38.0. The van der Waals surface area contributed by atoms with E-state index in [9.17, 15) is 17.9 Å². The average Bonchev–Trinajstić information content (AvgIpc) is 2.57. The van der Waals surface area contributed by atoms with Crippen LogP contribution in [0.15, 0.2) is 48.5 Å². The van der Waals surface area contributed by atoms with Crippen molar-refractivity contribution < 1.29 is 17.9 Å². The van der Waals surface area contributed by atoms with Crippen LogP contribution >= 0.6 is 0 Å². The summed E-state index contributed by atoms with van der Waals surface area (Å²) in [5, 5.41) is 12.8. The molecule has 1 aliphatic heterocycles. The molecule has 3 atom stereocenters. The zero-order chi connectivity index (χ0) is 18.9. The van der Waals surface area contributed by atoms with E-state index in [0.717, 1.165) is 16.7 Å². The Morgan fingerprint density at radius 1 is 1.12 bits per heavy atom. The van der Waals surface area contributed by atoms with Crippen LogP contribution in [0.25, 0.3) is 11.1 Å². The van der Waals surface area contributed by atoms with Gasteiger partial charge < -0.3 is 10.4 Å². The Balaban J connectivity index is 1.79. The summed E-state index contributed by atoms with van der Waals surface area (Å²) in [4.78, 5) is 0. The lowest BCUT2D eigenvalue weighted by Gasteiger charge is -2.47. The summed E-state index contributed by atoms with van der Waals surface area (Å²) in [7, 11) is -1.71. The van der Waals surface area contributed by atoms with Crippen molar-refractivity contribution in [3.63, 3.8) is 0 Å². The standard InChI is InChI=1S/C19H23FN2O3S/c1-22(26(2,24)25)11-17-19(18(12-23)21-17)14-8-6-13(7-9-14)15-4-3-5-16(20)10-15/h3-10,17-19,21,23H,11-12H2,1-2H3/t17-,18+,19+/m1/s1. The largest absolute Gasteiger partial charge is 0.395 e. The first-order valence-electron chi connectivity index (χ1n) is 8.43. The minimum Gasteiger partial charge on any atom is -0.395 e. The lowest BCUT2D eigenvalue weighted by atomic mass is 9.77. The Bertz CT molecular complexity index is 871. The Hall–Kier alpha value is -1.80. The fourth-order valence-electron chi connectivity index (χ4n) is 3.42. The number of nitrogens with one attached hydrogen (secondary N) is 1. The van der Waals surface area contributed by atoms with Crippen LogP contribution in [0.1, 0.15) is 11.5 Å². The van der Waals surface area contributed by atoms with Gasteiger partial charge in [0.15, 0.2) is 0 Å². The normalized spacial score (nSPS) is 23.0. The van der Waals surface area contributed by atoms with E-state index < -0.39 is 10.0 Å². The van der Waals surface area contributed by atoms with Gasteiger partial charge in [-0.25, -0.2) is 17.1 Å². The maximum absolute atomic E-state index is 13.4. The molecule has 0 saturated carbocycles. The number of aliphatic hydroxyl groups excluding tert-OH is 1. The molecule has 0 bridgehead atoms. The van der Waals surface area contributed by atoms with Crippen molar-refractivity contribution in [3.05, 3.63) is 59.9 Å². The van der Waals surface area contributed by atoms with Gasteiger partial charge in [-0.3, -0.25) is 0 Å². The lowest BCUT2D eigenvalue weighted by Crippen LogP contribution is -2.64. The average molecular weight is 378 g/mol. The van der Waals surface area contributed by atoms with Crippen LogP contribution in [0.2, 0.25) is 0 Å². The van der Waals surface area contributed by atoms with Crippen molar-refractivity contribution in [2.45, 2.75) is 18.0 Å². The number of rotatable bonds is 6. The van der Waals surface area contributed by atoms with E-state index in [2.05, 4.69) is 5.32 Å². The molecule has 5 nitrogen and oxygen atoms in total. The molecule has 2 aromatic carbocycles. The number of hydrogen-bond acceptors (Lipinski definition) is 4. The Kier molecular flexibility index (Phi) is 5.43. The first-order valence-corrected chi connectivity index (χ1v) is 10.3. The Labute approximate surface area is 153 Å². The van der Waals surface area contributed by atoms with Crippen LogP contribution in [0, 0.1) is 5.82 Å². The maximum atomic E-state index is 13.4. The SMILES string of the molecule is CN(C[C@H]1N[C@@H](CO)[C@H]1c1ccc(-c2cccc(F)c2)cc1)S(C)(=O)=O.